The van der Waals surface area contributed by atoms with Gasteiger partial charge in [0.05, 0.1) is 29.4 Å². The average molecular weight is 413 g/mol. The van der Waals surface area contributed by atoms with Crippen LogP contribution in [0.1, 0.15) is 17.0 Å². The van der Waals surface area contributed by atoms with Crippen molar-refractivity contribution in [2.75, 3.05) is 34.9 Å². The quantitative estimate of drug-likeness (QED) is 0.345. The topological polar surface area (TPSA) is 59.0 Å². The summed E-state index contributed by atoms with van der Waals surface area (Å²) in [5.74, 6) is 2.44. The van der Waals surface area contributed by atoms with Crippen molar-refractivity contribution in [1.29, 1.82) is 0 Å². The summed E-state index contributed by atoms with van der Waals surface area (Å²) in [6, 6.07) is 14.1. The Morgan fingerprint density at radius 3 is 2.72 bits per heavy atom. The lowest BCUT2D eigenvalue weighted by Gasteiger charge is -2.23. The number of fused-ring (bicyclic) bond motifs is 1. The second kappa shape index (κ2) is 10.1. The number of rotatable bonds is 8. The zero-order valence-corrected chi connectivity index (χ0v) is 18.3. The fraction of sp³-hybridized carbons (Fsp3) is 0.364. The minimum atomic E-state index is 0.685. The van der Waals surface area contributed by atoms with Crippen molar-refractivity contribution in [3.63, 3.8) is 0 Å². The van der Waals surface area contributed by atoms with Gasteiger partial charge in [0.1, 0.15) is 11.5 Å². The molecule has 7 heteroatoms. The first-order valence-electron chi connectivity index (χ1n) is 9.61. The van der Waals surface area contributed by atoms with Crippen molar-refractivity contribution in [3.8, 4) is 11.5 Å². The van der Waals surface area contributed by atoms with Crippen molar-refractivity contribution in [3.05, 3.63) is 53.0 Å². The lowest BCUT2D eigenvalue weighted by Crippen LogP contribution is -2.39. The van der Waals surface area contributed by atoms with Crippen LogP contribution in [0.2, 0.25) is 0 Å². The molecule has 1 N–H and O–H groups in total. The van der Waals surface area contributed by atoms with E-state index in [1.165, 1.54) is 9.71 Å². The fourth-order valence-electron chi connectivity index (χ4n) is 3.16. The van der Waals surface area contributed by atoms with Crippen LogP contribution in [-0.2, 0) is 13.0 Å². The highest BCUT2D eigenvalue weighted by Gasteiger charge is 2.11. The molecule has 0 aliphatic rings. The lowest BCUT2D eigenvalue weighted by molar-refractivity contribution is 0.382. The molecule has 6 nitrogen and oxygen atoms in total. The lowest BCUT2D eigenvalue weighted by atomic mass is 10.2. The highest BCUT2D eigenvalue weighted by atomic mass is 32.1. The van der Waals surface area contributed by atoms with Crippen LogP contribution in [0.5, 0.6) is 11.5 Å². The van der Waals surface area contributed by atoms with Crippen LogP contribution >= 0.6 is 11.3 Å². The number of aryl methyl sites for hydroxylation is 1. The third-order valence-corrected chi connectivity index (χ3v) is 5.76. The molecule has 0 bridgehead atoms. The fourth-order valence-corrected chi connectivity index (χ4v) is 4.17. The molecule has 0 unspecified atom stereocenters. The van der Waals surface area contributed by atoms with E-state index in [2.05, 4.69) is 33.4 Å². The highest BCUT2D eigenvalue weighted by Crippen LogP contribution is 2.25. The van der Waals surface area contributed by atoms with Crippen molar-refractivity contribution in [2.45, 2.75) is 19.4 Å². The van der Waals surface area contributed by atoms with Crippen LogP contribution in [0.4, 0.5) is 0 Å². The molecule has 3 rings (SSSR count). The number of para-hydroxylation sites is 1. The van der Waals surface area contributed by atoms with Gasteiger partial charge in [-0.2, -0.15) is 0 Å². The number of hydrogen-bond donors (Lipinski definition) is 1. The Bertz CT molecular complexity index is 937. The normalized spacial score (nSPS) is 11.5. The standard InChI is InChI=1S/C22H28N4O2S/c1-23-22(26(2)15-16-11-12-17(27-3)14-19(16)28-4)24-13-7-10-21-25-18-8-5-6-9-20(18)29-21/h5-6,8-9,11-12,14H,7,10,13,15H2,1-4H3,(H,23,24). The number of guanidine groups is 1. The summed E-state index contributed by atoms with van der Waals surface area (Å²) in [5, 5.41) is 4.62. The summed E-state index contributed by atoms with van der Waals surface area (Å²) >= 11 is 1.77. The molecule has 0 aliphatic carbocycles. The molecule has 29 heavy (non-hydrogen) atoms. The van der Waals surface area contributed by atoms with Crippen molar-refractivity contribution < 1.29 is 9.47 Å². The average Bonchev–Trinajstić information content (AvgIpc) is 3.16. The van der Waals surface area contributed by atoms with Gasteiger partial charge in [-0.25, -0.2) is 4.98 Å². The second-order valence-electron chi connectivity index (χ2n) is 6.69. The highest BCUT2D eigenvalue weighted by molar-refractivity contribution is 7.18. The second-order valence-corrected chi connectivity index (χ2v) is 7.80. The van der Waals surface area contributed by atoms with E-state index in [-0.39, 0.29) is 0 Å². The van der Waals surface area contributed by atoms with E-state index in [0.29, 0.717) is 6.54 Å². The molecule has 0 aliphatic heterocycles. The van der Waals surface area contributed by atoms with Gasteiger partial charge >= 0.3 is 0 Å². The Hall–Kier alpha value is -2.80. The van der Waals surface area contributed by atoms with Gasteiger partial charge in [0.2, 0.25) is 0 Å². The molecule has 154 valence electrons. The predicted molar refractivity (Wildman–Crippen MR) is 120 cm³/mol. The number of nitrogens with one attached hydrogen (secondary N) is 1. The molecule has 1 heterocycles. The monoisotopic (exact) mass is 412 g/mol. The summed E-state index contributed by atoms with van der Waals surface area (Å²) in [6.07, 6.45) is 1.96. The van der Waals surface area contributed by atoms with Crippen LogP contribution in [0.3, 0.4) is 0 Å². The third kappa shape index (κ3) is 5.38. The van der Waals surface area contributed by atoms with E-state index < -0.39 is 0 Å². The Morgan fingerprint density at radius 1 is 1.17 bits per heavy atom. The van der Waals surface area contributed by atoms with Gasteiger partial charge in [0.25, 0.3) is 0 Å². The first-order valence-corrected chi connectivity index (χ1v) is 10.4. The van der Waals surface area contributed by atoms with E-state index >= 15 is 0 Å². The molecule has 0 radical (unpaired) electrons. The molecular weight excluding hydrogens is 384 g/mol. The molecule has 3 aromatic rings. The van der Waals surface area contributed by atoms with Gasteiger partial charge in [0, 0.05) is 45.2 Å². The van der Waals surface area contributed by atoms with E-state index in [4.69, 9.17) is 14.5 Å². The summed E-state index contributed by atoms with van der Waals surface area (Å²) < 4.78 is 12.0. The number of methoxy groups -OCH3 is 2. The third-order valence-electron chi connectivity index (χ3n) is 4.66. The van der Waals surface area contributed by atoms with E-state index in [1.54, 1.807) is 32.6 Å². The van der Waals surface area contributed by atoms with E-state index in [0.717, 1.165) is 47.9 Å². The van der Waals surface area contributed by atoms with Crippen LogP contribution < -0.4 is 14.8 Å². The van der Waals surface area contributed by atoms with Gasteiger partial charge in [-0.15, -0.1) is 11.3 Å². The van der Waals surface area contributed by atoms with Crippen LogP contribution in [-0.4, -0.2) is 50.7 Å². The first kappa shape index (κ1) is 20.9. The summed E-state index contributed by atoms with van der Waals surface area (Å²) in [5.41, 5.74) is 2.16. The summed E-state index contributed by atoms with van der Waals surface area (Å²) in [4.78, 5) is 11.2. The molecule has 1 aromatic heterocycles. The summed E-state index contributed by atoms with van der Waals surface area (Å²) in [6.45, 7) is 1.53. The van der Waals surface area contributed by atoms with Crippen LogP contribution in [0.15, 0.2) is 47.5 Å². The Morgan fingerprint density at radius 2 is 2.00 bits per heavy atom. The SMILES string of the molecule is CN=C(NCCCc1nc2ccccc2s1)N(C)Cc1ccc(OC)cc1OC. The van der Waals surface area contributed by atoms with Gasteiger partial charge in [0.15, 0.2) is 5.96 Å². The maximum Gasteiger partial charge on any atom is 0.193 e. The number of ether oxygens (including phenoxy) is 2. The number of hydrogen-bond acceptors (Lipinski definition) is 5. The zero-order valence-electron chi connectivity index (χ0n) is 17.4. The summed E-state index contributed by atoms with van der Waals surface area (Å²) in [7, 11) is 7.15. The van der Waals surface area contributed by atoms with Gasteiger partial charge in [-0.3, -0.25) is 4.99 Å². The van der Waals surface area contributed by atoms with E-state index in [9.17, 15) is 0 Å². The molecule has 0 atom stereocenters. The smallest absolute Gasteiger partial charge is 0.193 e. The molecule has 0 saturated heterocycles. The number of nitrogens with zero attached hydrogens (tertiary/aromatic N) is 3. The van der Waals surface area contributed by atoms with Gasteiger partial charge in [-0.1, -0.05) is 12.1 Å². The number of benzene rings is 2. The van der Waals surface area contributed by atoms with Gasteiger partial charge < -0.3 is 19.7 Å². The van der Waals surface area contributed by atoms with Crippen LogP contribution in [0, 0.1) is 0 Å². The first-order chi connectivity index (χ1) is 14.1. The maximum atomic E-state index is 5.50. The van der Waals surface area contributed by atoms with Crippen molar-refractivity contribution >= 4 is 27.5 Å². The van der Waals surface area contributed by atoms with Gasteiger partial charge in [-0.05, 0) is 30.7 Å². The Labute approximate surface area is 176 Å². The Kier molecular flexibility index (Phi) is 7.30. The molecule has 0 saturated carbocycles. The maximum absolute atomic E-state index is 5.50. The van der Waals surface area contributed by atoms with E-state index in [1.807, 2.05) is 31.3 Å². The molecular formula is C22H28N4O2S. The Balaban J connectivity index is 1.51. The van der Waals surface area contributed by atoms with Crippen molar-refractivity contribution in [1.82, 2.24) is 15.2 Å². The molecule has 0 spiro atoms. The molecule has 0 amide bonds. The number of thiazole rings is 1. The molecule has 0 fully saturated rings. The van der Waals surface area contributed by atoms with Crippen LogP contribution in [0.25, 0.3) is 10.2 Å². The van der Waals surface area contributed by atoms with Crippen molar-refractivity contribution in [2.24, 2.45) is 4.99 Å². The number of aromatic nitrogens is 1. The minimum Gasteiger partial charge on any atom is -0.497 e. The minimum absolute atomic E-state index is 0.685. The zero-order chi connectivity index (χ0) is 20.6. The number of aliphatic imine (C=N–C) groups is 1. The predicted octanol–water partition coefficient (Wildman–Crippen LogP) is 3.95. The molecule has 2 aromatic carbocycles. The largest absolute Gasteiger partial charge is 0.497 e.